The average Bonchev–Trinajstić information content (AvgIpc) is 0.686. The summed E-state index contributed by atoms with van der Waals surface area (Å²) in [7, 11) is 0. The van der Waals surface area contributed by atoms with E-state index in [1.807, 2.05) is 6.07 Å². The van der Waals surface area contributed by atoms with Crippen LogP contribution in [0.15, 0.2) is 398 Å². The van der Waals surface area contributed by atoms with Gasteiger partial charge in [0.25, 0.3) is 6.71 Å². The van der Waals surface area contributed by atoms with Crippen molar-refractivity contribution >= 4 is 143 Å². The van der Waals surface area contributed by atoms with Crippen molar-refractivity contribution in [3.63, 3.8) is 0 Å². The molecule has 4 aliphatic heterocycles. The fourth-order valence-corrected chi connectivity index (χ4v) is 18.2. The van der Waals surface area contributed by atoms with Crippen molar-refractivity contribution in [3.8, 4) is 44.5 Å². The second kappa shape index (κ2) is 26.4. The van der Waals surface area contributed by atoms with Crippen molar-refractivity contribution in [2.45, 2.75) is 16.0 Å². The number of halogens is 3. The van der Waals surface area contributed by atoms with Crippen LogP contribution in [0, 0.1) is 0 Å². The smallest absolute Gasteiger partial charge is 0.311 e. The lowest BCUT2D eigenvalue weighted by molar-refractivity contribution is -0.137. The van der Waals surface area contributed by atoms with Gasteiger partial charge in [-0.1, -0.05) is 272 Å². The van der Waals surface area contributed by atoms with Gasteiger partial charge in [0.2, 0.25) is 6.71 Å². The molecule has 0 saturated carbocycles. The first-order valence-corrected chi connectivity index (χ1v) is 37.3. The first-order valence-electron chi connectivity index (χ1n) is 36.5. The number of hydrogen-bond donors (Lipinski definition) is 0. The van der Waals surface area contributed by atoms with Gasteiger partial charge in [-0.05, 0) is 194 Å². The van der Waals surface area contributed by atoms with Crippen molar-refractivity contribution in [2.24, 2.45) is 0 Å². The van der Waals surface area contributed by atoms with Crippen LogP contribution in [0.3, 0.4) is 0 Å². The van der Waals surface area contributed by atoms with Gasteiger partial charge in [0.15, 0.2) is 0 Å². The average molecular weight is 1410 g/mol. The second-order valence-electron chi connectivity index (χ2n) is 27.8. The number of rotatable bonds is 13. The zero-order valence-corrected chi connectivity index (χ0v) is 59.2. The summed E-state index contributed by atoms with van der Waals surface area (Å²) in [5.74, 6) is 0. The molecule has 11 heteroatoms. The number of anilines is 15. The third-order valence-corrected chi connectivity index (χ3v) is 22.7. The van der Waals surface area contributed by atoms with E-state index in [2.05, 4.69) is 382 Å². The van der Waals surface area contributed by atoms with Crippen LogP contribution in [0.4, 0.5) is 98.5 Å². The summed E-state index contributed by atoms with van der Waals surface area (Å²) in [6, 6.07) is 136. The number of para-hydroxylation sites is 7. The lowest BCUT2D eigenvalue weighted by atomic mass is 9.31. The molecule has 4 aliphatic rings. The van der Waals surface area contributed by atoms with E-state index in [0.717, 1.165) is 156 Å². The number of nitrogens with zero attached hydrogens (tertiary/aromatic N) is 5. The quantitative estimate of drug-likeness (QED) is 0.106. The maximum absolute atomic E-state index is 15.2. The molecule has 0 saturated heterocycles. The van der Waals surface area contributed by atoms with E-state index < -0.39 is 18.5 Å². The SMILES string of the molecule is FC(F)(F)c1ccc(N2c3cc4c(cc3B3c5ccccc5N(c5c(-c6ccccc6)cccc5-c5ccccc5)c5cc(N(c6ccccc6)c6cccc(-c7cccc(-c8ccccc8)c7)c6)cc2c53)B2c3ccccc3N(c3ccccc3)c3cc(N(c5ccccc5)c5ccccc5)cc(c32)S4)cc1. The Morgan fingerprint density at radius 1 is 0.250 bits per heavy atom. The molecule has 0 unspecified atom stereocenters. The molecule has 108 heavy (non-hydrogen) atoms. The Bertz CT molecular complexity index is 6020. The monoisotopic (exact) mass is 1410 g/mol. The van der Waals surface area contributed by atoms with Crippen LogP contribution in [0.25, 0.3) is 44.5 Å². The van der Waals surface area contributed by atoms with Crippen molar-refractivity contribution in [1.82, 2.24) is 0 Å². The van der Waals surface area contributed by atoms with E-state index in [9.17, 15) is 0 Å². The highest BCUT2D eigenvalue weighted by molar-refractivity contribution is 8.00. The van der Waals surface area contributed by atoms with Crippen LogP contribution in [0.1, 0.15) is 5.56 Å². The Balaban J connectivity index is 0.881. The molecule has 0 atom stereocenters. The molecular formula is C97H64B2F3N5S. The summed E-state index contributed by atoms with van der Waals surface area (Å²) in [6.45, 7) is -0.654. The molecule has 16 aromatic carbocycles. The lowest BCUT2D eigenvalue weighted by Gasteiger charge is -2.46. The largest absolute Gasteiger partial charge is 0.416 e. The summed E-state index contributed by atoms with van der Waals surface area (Å²) < 4.78 is 45.7. The second-order valence-corrected chi connectivity index (χ2v) is 28.9. The van der Waals surface area contributed by atoms with E-state index in [1.165, 1.54) is 23.1 Å². The topological polar surface area (TPSA) is 16.2 Å². The molecule has 5 nitrogen and oxygen atoms in total. The van der Waals surface area contributed by atoms with Gasteiger partial charge < -0.3 is 24.5 Å². The third kappa shape index (κ3) is 11.0. The fraction of sp³-hybridized carbons (Fsp3) is 0.0103. The molecular weight excluding hydrogens is 1350 g/mol. The van der Waals surface area contributed by atoms with Crippen LogP contribution in [0.5, 0.6) is 0 Å². The summed E-state index contributed by atoms with van der Waals surface area (Å²) in [6.07, 6.45) is -4.59. The number of fused-ring (bicyclic) bond motifs is 8. The zero-order chi connectivity index (χ0) is 72.0. The molecule has 0 fully saturated rings. The molecule has 0 amide bonds. The van der Waals surface area contributed by atoms with Crippen molar-refractivity contribution in [2.75, 3.05) is 24.5 Å². The van der Waals surface area contributed by atoms with E-state index in [1.54, 1.807) is 23.9 Å². The Morgan fingerprint density at radius 2 is 0.648 bits per heavy atom. The molecule has 0 spiro atoms. The molecule has 16 aromatic rings. The minimum Gasteiger partial charge on any atom is -0.311 e. The predicted octanol–water partition coefficient (Wildman–Crippen LogP) is 23.2. The summed E-state index contributed by atoms with van der Waals surface area (Å²) >= 11 is 1.77. The van der Waals surface area contributed by atoms with Crippen molar-refractivity contribution in [1.29, 1.82) is 0 Å². The zero-order valence-electron chi connectivity index (χ0n) is 58.4. The van der Waals surface area contributed by atoms with Crippen molar-refractivity contribution < 1.29 is 13.2 Å². The summed E-state index contributed by atoms with van der Waals surface area (Å²) in [5.41, 5.74) is 28.6. The summed E-state index contributed by atoms with van der Waals surface area (Å²) in [4.78, 5) is 14.1. The van der Waals surface area contributed by atoms with E-state index >= 15 is 13.2 Å². The first-order chi connectivity index (χ1) is 53.2. The Hall–Kier alpha value is -13.2. The maximum Gasteiger partial charge on any atom is 0.416 e. The van der Waals surface area contributed by atoms with Crippen LogP contribution in [-0.4, -0.2) is 13.4 Å². The Morgan fingerprint density at radius 3 is 1.21 bits per heavy atom. The highest BCUT2D eigenvalue weighted by Gasteiger charge is 2.48. The van der Waals surface area contributed by atoms with Crippen LogP contribution >= 0.6 is 11.8 Å². The fourth-order valence-electron chi connectivity index (χ4n) is 17.0. The number of benzene rings is 16. The van der Waals surface area contributed by atoms with Gasteiger partial charge in [-0.2, -0.15) is 13.2 Å². The first kappa shape index (κ1) is 64.4. The van der Waals surface area contributed by atoms with Gasteiger partial charge in [0, 0.05) is 94.9 Å². The normalized spacial score (nSPS) is 12.8. The Kier molecular flexibility index (Phi) is 15.8. The molecule has 0 radical (unpaired) electrons. The highest BCUT2D eigenvalue weighted by Crippen LogP contribution is 2.54. The van der Waals surface area contributed by atoms with E-state index in [-0.39, 0.29) is 6.71 Å². The molecule has 20 rings (SSSR count). The number of alkyl halides is 3. The minimum absolute atomic E-state index is 0.246. The van der Waals surface area contributed by atoms with Gasteiger partial charge in [-0.25, -0.2) is 0 Å². The number of hydrogen-bond acceptors (Lipinski definition) is 6. The molecule has 0 N–H and O–H groups in total. The van der Waals surface area contributed by atoms with Crippen LogP contribution < -0.4 is 57.3 Å². The highest BCUT2D eigenvalue weighted by atomic mass is 32.2. The van der Waals surface area contributed by atoms with Gasteiger partial charge in [0.05, 0.1) is 16.9 Å². The maximum atomic E-state index is 15.2. The molecule has 0 aromatic heterocycles. The molecule has 0 aliphatic carbocycles. The van der Waals surface area contributed by atoms with E-state index in [4.69, 9.17) is 0 Å². The molecule has 510 valence electrons. The predicted molar refractivity (Wildman–Crippen MR) is 446 cm³/mol. The third-order valence-electron chi connectivity index (χ3n) is 21.6. The van der Waals surface area contributed by atoms with Gasteiger partial charge >= 0.3 is 6.18 Å². The lowest BCUT2D eigenvalue weighted by Crippen LogP contribution is -2.64. The summed E-state index contributed by atoms with van der Waals surface area (Å²) in [5, 5.41) is 0. The minimum atomic E-state index is -4.59. The molecule has 0 bridgehead atoms. The van der Waals surface area contributed by atoms with Gasteiger partial charge in [-0.15, -0.1) is 0 Å². The molecule has 4 heterocycles. The van der Waals surface area contributed by atoms with Crippen LogP contribution in [-0.2, 0) is 6.18 Å². The standard InChI is InChI=1S/C97H64B2F3N5S/c100-97(101,102)71-53-55-76(56-54-71)106-88-64-92-85(99-82-49-22-24-51-86(82)105(75-44-20-7-21-45-75)91-61-79(62-93(108-92)95(91)99)103(72-38-14-4-15-39-72)73-40-16-5-17-41-73)63-84(88)98-83-50-23-25-52-87(83)107(96-80(66-31-10-2-11-32-66)47-28-48-81(96)67-33-12-3-13-34-67)90-60-78(59-89(106)94(90)98)104(74-42-18-6-19-43-74)77-46-27-37-70(58-77)69-36-26-35-68(57-69)65-29-8-1-9-30-65/h1-64H. The van der Waals surface area contributed by atoms with E-state index in [0.29, 0.717) is 5.69 Å². The Labute approximate surface area is 631 Å². The van der Waals surface area contributed by atoms with Crippen molar-refractivity contribution in [3.05, 3.63) is 394 Å². The van der Waals surface area contributed by atoms with Gasteiger partial charge in [0.1, 0.15) is 0 Å². The van der Waals surface area contributed by atoms with Gasteiger partial charge in [-0.3, -0.25) is 0 Å². The van der Waals surface area contributed by atoms with Crippen LogP contribution in [0.2, 0.25) is 0 Å².